The average Bonchev–Trinajstić information content (AvgIpc) is 3.40. The summed E-state index contributed by atoms with van der Waals surface area (Å²) in [5.41, 5.74) is 13.0. The molecule has 0 radical (unpaired) electrons. The fourth-order valence-electron chi connectivity index (χ4n) is 6.75. The standard InChI is InChI=1S/C45H40N2/c1-44(2,3)33-22-24-42-38(27-33)39-28-34(45(4,5)6)23-25-43(39)47(42)41-21-11-10-18-37(41)36-20-13-19-35(40(36)29-46)32-17-12-16-31(26-32)30-14-8-7-9-15-30/h7-28H,1-6H3. The molecular formula is C45H40N2. The van der Waals surface area contributed by atoms with Gasteiger partial charge in [-0.3, -0.25) is 0 Å². The van der Waals surface area contributed by atoms with Gasteiger partial charge in [0.2, 0.25) is 0 Å². The van der Waals surface area contributed by atoms with Crippen LogP contribution in [0, 0.1) is 11.3 Å². The highest BCUT2D eigenvalue weighted by atomic mass is 15.0. The van der Waals surface area contributed by atoms with Crippen molar-refractivity contribution in [2.75, 3.05) is 0 Å². The van der Waals surface area contributed by atoms with Crippen LogP contribution in [0.2, 0.25) is 0 Å². The molecule has 1 heterocycles. The van der Waals surface area contributed by atoms with Crippen LogP contribution in [0.4, 0.5) is 0 Å². The Bertz CT molecular complexity index is 2240. The molecule has 0 saturated carbocycles. The molecule has 0 unspecified atom stereocenters. The normalized spacial score (nSPS) is 12.0. The van der Waals surface area contributed by atoms with Crippen molar-refractivity contribution < 1.29 is 0 Å². The van der Waals surface area contributed by atoms with E-state index in [9.17, 15) is 5.26 Å². The van der Waals surface area contributed by atoms with Crippen LogP contribution in [0.25, 0.3) is 60.9 Å². The zero-order valence-electron chi connectivity index (χ0n) is 28.1. The molecule has 0 aliphatic rings. The van der Waals surface area contributed by atoms with Gasteiger partial charge in [-0.05, 0) is 75.0 Å². The van der Waals surface area contributed by atoms with E-state index >= 15 is 0 Å². The van der Waals surface area contributed by atoms with Gasteiger partial charge in [0.05, 0.1) is 22.3 Å². The molecule has 230 valence electrons. The molecule has 2 heteroatoms. The Labute approximate surface area is 278 Å². The lowest BCUT2D eigenvalue weighted by Crippen LogP contribution is -2.10. The van der Waals surface area contributed by atoms with Gasteiger partial charge < -0.3 is 4.57 Å². The molecule has 0 atom stereocenters. The van der Waals surface area contributed by atoms with Gasteiger partial charge in [-0.25, -0.2) is 0 Å². The lowest BCUT2D eigenvalue weighted by atomic mass is 9.85. The largest absolute Gasteiger partial charge is 0.309 e. The van der Waals surface area contributed by atoms with Gasteiger partial charge >= 0.3 is 0 Å². The summed E-state index contributed by atoms with van der Waals surface area (Å²) in [4.78, 5) is 0. The van der Waals surface area contributed by atoms with Crippen LogP contribution in [0.15, 0.2) is 133 Å². The summed E-state index contributed by atoms with van der Waals surface area (Å²) in [5.74, 6) is 0. The predicted molar refractivity (Wildman–Crippen MR) is 199 cm³/mol. The molecule has 0 aliphatic heterocycles. The van der Waals surface area contributed by atoms with Crippen LogP contribution in [0.5, 0.6) is 0 Å². The number of nitrogens with zero attached hydrogens (tertiary/aromatic N) is 2. The Hall–Kier alpha value is -5.39. The summed E-state index contributed by atoms with van der Waals surface area (Å²) in [6.07, 6.45) is 0. The molecule has 0 bridgehead atoms. The Morgan fingerprint density at radius 3 is 1.60 bits per heavy atom. The number of hydrogen-bond donors (Lipinski definition) is 0. The lowest BCUT2D eigenvalue weighted by molar-refractivity contribution is 0.590. The second-order valence-corrected chi connectivity index (χ2v) is 14.6. The second-order valence-electron chi connectivity index (χ2n) is 14.6. The maximum Gasteiger partial charge on any atom is 0.100 e. The minimum absolute atomic E-state index is 0.0299. The van der Waals surface area contributed by atoms with Crippen molar-refractivity contribution in [3.63, 3.8) is 0 Å². The summed E-state index contributed by atoms with van der Waals surface area (Å²) >= 11 is 0. The van der Waals surface area contributed by atoms with Crippen LogP contribution < -0.4 is 0 Å². The van der Waals surface area contributed by atoms with Crippen molar-refractivity contribution in [2.24, 2.45) is 0 Å². The number of hydrogen-bond acceptors (Lipinski definition) is 1. The lowest BCUT2D eigenvalue weighted by Gasteiger charge is -2.19. The predicted octanol–water partition coefficient (Wildman–Crippen LogP) is 12.3. The SMILES string of the molecule is CC(C)(C)c1ccc2c(c1)c1cc(C(C)(C)C)ccc1n2-c1ccccc1-c1cccc(-c2cccc(-c3ccccc3)c2)c1C#N. The third-order valence-electron chi connectivity index (χ3n) is 9.39. The maximum absolute atomic E-state index is 10.7. The van der Waals surface area contributed by atoms with E-state index in [4.69, 9.17) is 0 Å². The number of nitriles is 1. The van der Waals surface area contributed by atoms with Crippen molar-refractivity contribution in [1.82, 2.24) is 4.57 Å². The molecule has 6 aromatic carbocycles. The highest BCUT2D eigenvalue weighted by molar-refractivity contribution is 6.10. The van der Waals surface area contributed by atoms with E-state index in [1.54, 1.807) is 0 Å². The van der Waals surface area contributed by atoms with Gasteiger partial charge in [0.25, 0.3) is 0 Å². The monoisotopic (exact) mass is 608 g/mol. The first-order valence-corrected chi connectivity index (χ1v) is 16.4. The molecule has 7 aromatic rings. The van der Waals surface area contributed by atoms with Gasteiger partial charge in [-0.2, -0.15) is 5.26 Å². The van der Waals surface area contributed by atoms with Gasteiger partial charge in [0.1, 0.15) is 6.07 Å². The summed E-state index contributed by atoms with van der Waals surface area (Å²) in [6.45, 7) is 13.6. The van der Waals surface area contributed by atoms with E-state index in [2.05, 4.69) is 180 Å². The van der Waals surface area contributed by atoms with Crippen molar-refractivity contribution in [3.05, 3.63) is 150 Å². The van der Waals surface area contributed by atoms with E-state index in [1.807, 2.05) is 6.07 Å². The number of benzene rings is 6. The minimum atomic E-state index is 0.0299. The molecule has 0 fully saturated rings. The quantitative estimate of drug-likeness (QED) is 0.195. The maximum atomic E-state index is 10.7. The van der Waals surface area contributed by atoms with Gasteiger partial charge in [0, 0.05) is 27.5 Å². The molecule has 0 amide bonds. The third kappa shape index (κ3) is 5.43. The van der Waals surface area contributed by atoms with Gasteiger partial charge in [-0.1, -0.05) is 139 Å². The van der Waals surface area contributed by atoms with Gasteiger partial charge in [-0.15, -0.1) is 0 Å². The molecule has 0 aliphatic carbocycles. The number of para-hydroxylation sites is 1. The Morgan fingerprint density at radius 1 is 0.468 bits per heavy atom. The molecule has 0 spiro atoms. The first kappa shape index (κ1) is 30.3. The molecular weight excluding hydrogens is 569 g/mol. The van der Waals surface area contributed by atoms with E-state index in [-0.39, 0.29) is 10.8 Å². The van der Waals surface area contributed by atoms with E-state index in [0.29, 0.717) is 5.56 Å². The summed E-state index contributed by atoms with van der Waals surface area (Å²) in [5, 5.41) is 13.2. The molecule has 47 heavy (non-hydrogen) atoms. The zero-order valence-corrected chi connectivity index (χ0v) is 28.1. The minimum Gasteiger partial charge on any atom is -0.309 e. The van der Waals surface area contributed by atoms with Crippen LogP contribution in [-0.2, 0) is 10.8 Å². The fourth-order valence-corrected chi connectivity index (χ4v) is 6.75. The summed E-state index contributed by atoms with van der Waals surface area (Å²) < 4.78 is 2.39. The van der Waals surface area contributed by atoms with Crippen LogP contribution in [-0.4, -0.2) is 4.57 Å². The Kier molecular flexibility index (Phi) is 7.37. The molecule has 0 N–H and O–H groups in total. The number of rotatable bonds is 4. The van der Waals surface area contributed by atoms with E-state index in [1.165, 1.54) is 21.9 Å². The Morgan fingerprint density at radius 2 is 0.979 bits per heavy atom. The number of aromatic nitrogens is 1. The smallest absolute Gasteiger partial charge is 0.100 e. The number of fused-ring (bicyclic) bond motifs is 3. The van der Waals surface area contributed by atoms with Crippen molar-refractivity contribution >= 4 is 21.8 Å². The van der Waals surface area contributed by atoms with E-state index in [0.717, 1.165) is 50.1 Å². The zero-order chi connectivity index (χ0) is 32.9. The first-order valence-electron chi connectivity index (χ1n) is 16.4. The molecule has 0 saturated heterocycles. The topological polar surface area (TPSA) is 28.7 Å². The second kappa shape index (κ2) is 11.4. The molecule has 1 aromatic heterocycles. The van der Waals surface area contributed by atoms with Crippen molar-refractivity contribution in [3.8, 4) is 45.1 Å². The molecule has 2 nitrogen and oxygen atoms in total. The third-order valence-corrected chi connectivity index (χ3v) is 9.39. The van der Waals surface area contributed by atoms with E-state index < -0.39 is 0 Å². The summed E-state index contributed by atoms with van der Waals surface area (Å²) in [6, 6.07) is 50.1. The highest BCUT2D eigenvalue weighted by Crippen LogP contribution is 2.41. The van der Waals surface area contributed by atoms with Crippen molar-refractivity contribution in [1.29, 1.82) is 5.26 Å². The van der Waals surface area contributed by atoms with Crippen molar-refractivity contribution in [2.45, 2.75) is 52.4 Å². The highest BCUT2D eigenvalue weighted by Gasteiger charge is 2.23. The Balaban J connectivity index is 1.47. The molecule has 7 rings (SSSR count). The average molecular weight is 609 g/mol. The van der Waals surface area contributed by atoms with Crippen LogP contribution in [0.1, 0.15) is 58.2 Å². The first-order chi connectivity index (χ1) is 22.5. The summed E-state index contributed by atoms with van der Waals surface area (Å²) in [7, 11) is 0. The van der Waals surface area contributed by atoms with Gasteiger partial charge in [0.15, 0.2) is 0 Å². The fraction of sp³-hybridized carbons (Fsp3) is 0.178. The van der Waals surface area contributed by atoms with Crippen LogP contribution >= 0.6 is 0 Å². The van der Waals surface area contributed by atoms with Crippen LogP contribution in [0.3, 0.4) is 0 Å².